The highest BCUT2D eigenvalue weighted by atomic mass is 32.2. The second-order valence-corrected chi connectivity index (χ2v) is 7.83. The molecule has 0 aliphatic rings. The summed E-state index contributed by atoms with van der Waals surface area (Å²) in [5, 5.41) is 10.9. The lowest BCUT2D eigenvalue weighted by molar-refractivity contribution is 0.410. The molecule has 6 nitrogen and oxygen atoms in total. The zero-order valence-corrected chi connectivity index (χ0v) is 17.7. The summed E-state index contributed by atoms with van der Waals surface area (Å²) >= 11 is 1.35. The van der Waals surface area contributed by atoms with Gasteiger partial charge in [-0.3, -0.25) is 13.9 Å². The summed E-state index contributed by atoms with van der Waals surface area (Å²) in [5.41, 5.74) is 2.82. The Bertz CT molecular complexity index is 1190. The number of rotatable bonds is 4. The average Bonchev–Trinajstić information content (AvgIpc) is 2.72. The van der Waals surface area contributed by atoms with Gasteiger partial charge in [0.05, 0.1) is 5.69 Å². The molecule has 0 atom stereocenters. The van der Waals surface area contributed by atoms with E-state index in [9.17, 15) is 14.7 Å². The molecule has 0 saturated heterocycles. The van der Waals surface area contributed by atoms with Crippen molar-refractivity contribution in [2.45, 2.75) is 19.6 Å². The Kier molecular flexibility index (Phi) is 6.08. The topological polar surface area (TPSA) is 76.6 Å². The molecule has 7 heteroatoms. The van der Waals surface area contributed by atoms with Crippen LogP contribution < -0.4 is 11.2 Å². The minimum atomic E-state index is -0.588. The smallest absolute Gasteiger partial charge is 0.333 e. The van der Waals surface area contributed by atoms with Crippen molar-refractivity contribution in [1.82, 2.24) is 9.13 Å². The number of aromatic hydroxyl groups is 1. The van der Waals surface area contributed by atoms with Gasteiger partial charge in [-0.05, 0) is 42.7 Å². The first-order valence-corrected chi connectivity index (χ1v) is 10.1. The van der Waals surface area contributed by atoms with Gasteiger partial charge in [0.2, 0.25) is 5.88 Å². The molecule has 0 amide bonds. The summed E-state index contributed by atoms with van der Waals surface area (Å²) in [4.78, 5) is 29.6. The lowest BCUT2D eigenvalue weighted by atomic mass is 10.1. The van der Waals surface area contributed by atoms with E-state index in [-0.39, 0.29) is 11.4 Å². The van der Waals surface area contributed by atoms with Crippen molar-refractivity contribution in [3.8, 4) is 5.88 Å². The van der Waals surface area contributed by atoms with Crippen LogP contribution >= 0.6 is 11.8 Å². The number of hydrogen-bond donors (Lipinski definition) is 1. The maximum Gasteiger partial charge on any atom is 0.333 e. The molecule has 0 aliphatic carbocycles. The van der Waals surface area contributed by atoms with Crippen molar-refractivity contribution >= 4 is 22.5 Å². The Balaban J connectivity index is 2.15. The number of thioether (sulfide) groups is 1. The fourth-order valence-electron chi connectivity index (χ4n) is 2.82. The van der Waals surface area contributed by atoms with Gasteiger partial charge in [0, 0.05) is 19.8 Å². The molecule has 29 heavy (non-hydrogen) atoms. The third-order valence-corrected chi connectivity index (χ3v) is 5.83. The van der Waals surface area contributed by atoms with Gasteiger partial charge in [-0.15, -0.1) is 11.8 Å². The molecule has 0 saturated carbocycles. The van der Waals surface area contributed by atoms with E-state index < -0.39 is 11.2 Å². The molecule has 1 heterocycles. The van der Waals surface area contributed by atoms with Crippen molar-refractivity contribution in [3.05, 3.63) is 91.6 Å². The Labute approximate surface area is 173 Å². The van der Waals surface area contributed by atoms with Crippen LogP contribution in [0, 0.1) is 13.8 Å². The Morgan fingerprint density at radius 1 is 1.00 bits per heavy atom. The zero-order chi connectivity index (χ0) is 21.1. The van der Waals surface area contributed by atoms with Crippen molar-refractivity contribution in [2.75, 3.05) is 0 Å². The van der Waals surface area contributed by atoms with Crippen molar-refractivity contribution in [3.63, 3.8) is 0 Å². The van der Waals surface area contributed by atoms with Gasteiger partial charge in [-0.2, -0.15) is 0 Å². The van der Waals surface area contributed by atoms with Gasteiger partial charge in [0.15, 0.2) is 0 Å². The summed E-state index contributed by atoms with van der Waals surface area (Å²) in [6.07, 6.45) is 0. The van der Waals surface area contributed by atoms with E-state index in [4.69, 9.17) is 0 Å². The molecule has 0 spiro atoms. The first-order valence-electron chi connectivity index (χ1n) is 9.11. The molecule has 150 valence electrons. The average molecular weight is 410 g/mol. The standard InChI is InChI=1S/C22H23N3O3S/c1-14-10-11-17(12-15(14)2)23-19(29-13-16-8-6-5-7-9-16)18-20(26)24(3)22(28)25(4)21(18)27/h5-12,26H,13H2,1-4H3. The van der Waals surface area contributed by atoms with Crippen LogP contribution in [0.4, 0.5) is 5.69 Å². The number of nitrogens with zero attached hydrogens (tertiary/aromatic N) is 3. The molecule has 0 radical (unpaired) electrons. The molecular formula is C22H23N3O3S. The first kappa shape index (κ1) is 20.7. The third kappa shape index (κ3) is 4.35. The molecule has 0 unspecified atom stereocenters. The van der Waals surface area contributed by atoms with E-state index in [1.807, 2.05) is 62.4 Å². The number of aryl methyl sites for hydroxylation is 2. The van der Waals surface area contributed by atoms with Crippen LogP contribution in [0.2, 0.25) is 0 Å². The predicted octanol–water partition coefficient (Wildman–Crippen LogP) is 3.42. The second kappa shape index (κ2) is 8.53. The summed E-state index contributed by atoms with van der Waals surface area (Å²) in [7, 11) is 2.82. The van der Waals surface area contributed by atoms with Crippen LogP contribution in [0.15, 0.2) is 63.1 Å². The maximum absolute atomic E-state index is 12.8. The van der Waals surface area contributed by atoms with Gasteiger partial charge in [0.1, 0.15) is 10.6 Å². The van der Waals surface area contributed by atoms with Crippen LogP contribution in [0.5, 0.6) is 5.88 Å². The van der Waals surface area contributed by atoms with Gasteiger partial charge < -0.3 is 5.11 Å². The molecule has 1 aromatic heterocycles. The molecule has 0 bridgehead atoms. The Morgan fingerprint density at radius 3 is 2.34 bits per heavy atom. The number of hydrogen-bond acceptors (Lipinski definition) is 5. The zero-order valence-electron chi connectivity index (χ0n) is 16.8. The van der Waals surface area contributed by atoms with Gasteiger partial charge in [-0.25, -0.2) is 9.79 Å². The summed E-state index contributed by atoms with van der Waals surface area (Å²) in [6, 6.07) is 15.6. The van der Waals surface area contributed by atoms with Crippen LogP contribution in [-0.4, -0.2) is 19.3 Å². The van der Waals surface area contributed by atoms with Crippen LogP contribution in [-0.2, 0) is 19.8 Å². The SMILES string of the molecule is Cc1ccc(N=C(SCc2ccccc2)c2c(O)n(C)c(=O)n(C)c2=O)cc1C. The molecule has 0 fully saturated rings. The van der Waals surface area contributed by atoms with Crippen LogP contribution in [0.1, 0.15) is 22.3 Å². The maximum atomic E-state index is 12.8. The minimum Gasteiger partial charge on any atom is -0.494 e. The molecule has 1 N–H and O–H groups in total. The van der Waals surface area contributed by atoms with Crippen molar-refractivity contribution in [1.29, 1.82) is 0 Å². The summed E-state index contributed by atoms with van der Waals surface area (Å²) in [6.45, 7) is 4.01. The van der Waals surface area contributed by atoms with Crippen molar-refractivity contribution in [2.24, 2.45) is 19.1 Å². The highest BCUT2D eigenvalue weighted by Crippen LogP contribution is 2.26. The molecular weight excluding hydrogens is 386 g/mol. The van der Waals surface area contributed by atoms with Crippen LogP contribution in [0.25, 0.3) is 0 Å². The monoisotopic (exact) mass is 409 g/mol. The van der Waals surface area contributed by atoms with E-state index in [0.717, 1.165) is 25.8 Å². The quantitative estimate of drug-likeness (QED) is 0.529. The van der Waals surface area contributed by atoms with Crippen LogP contribution in [0.3, 0.4) is 0 Å². The molecule has 3 aromatic rings. The molecule has 3 rings (SSSR count). The predicted molar refractivity (Wildman–Crippen MR) is 118 cm³/mol. The normalized spacial score (nSPS) is 11.7. The van der Waals surface area contributed by atoms with E-state index in [0.29, 0.717) is 16.5 Å². The van der Waals surface area contributed by atoms with Gasteiger partial charge in [0.25, 0.3) is 5.56 Å². The highest BCUT2D eigenvalue weighted by molar-refractivity contribution is 8.13. The number of aromatic nitrogens is 2. The largest absolute Gasteiger partial charge is 0.494 e. The minimum absolute atomic E-state index is 0.0220. The Hall–Kier alpha value is -3.06. The fourth-order valence-corrected chi connectivity index (χ4v) is 3.81. The van der Waals surface area contributed by atoms with E-state index in [1.165, 1.54) is 25.9 Å². The number of aliphatic imine (C=N–C) groups is 1. The lowest BCUT2D eigenvalue weighted by Gasteiger charge is -2.13. The second-order valence-electron chi connectivity index (χ2n) is 6.86. The summed E-state index contributed by atoms with van der Waals surface area (Å²) in [5.74, 6) is 0.178. The highest BCUT2D eigenvalue weighted by Gasteiger charge is 2.21. The summed E-state index contributed by atoms with van der Waals surface area (Å²) < 4.78 is 2.03. The Morgan fingerprint density at radius 2 is 1.69 bits per heavy atom. The third-order valence-electron chi connectivity index (χ3n) is 4.79. The number of benzene rings is 2. The fraction of sp³-hybridized carbons (Fsp3) is 0.227. The van der Waals surface area contributed by atoms with E-state index in [2.05, 4.69) is 4.99 Å². The van der Waals surface area contributed by atoms with E-state index in [1.54, 1.807) is 0 Å². The lowest BCUT2D eigenvalue weighted by Crippen LogP contribution is -2.39. The molecule has 0 aliphatic heterocycles. The van der Waals surface area contributed by atoms with Crippen molar-refractivity contribution < 1.29 is 5.11 Å². The van der Waals surface area contributed by atoms with Gasteiger partial charge >= 0.3 is 5.69 Å². The molecule has 2 aromatic carbocycles. The van der Waals surface area contributed by atoms with E-state index >= 15 is 0 Å². The van der Waals surface area contributed by atoms with Gasteiger partial charge in [-0.1, -0.05) is 36.4 Å². The first-order chi connectivity index (χ1) is 13.8.